The highest BCUT2D eigenvalue weighted by atomic mass is 16.5. The van der Waals surface area contributed by atoms with Crippen LogP contribution >= 0.6 is 0 Å². The number of aliphatic carboxylic acids is 1. The third-order valence-electron chi connectivity index (χ3n) is 3.07. The van der Waals surface area contributed by atoms with Crippen LogP contribution in [0.25, 0.3) is 0 Å². The van der Waals surface area contributed by atoms with E-state index in [1.165, 1.54) is 7.11 Å². The summed E-state index contributed by atoms with van der Waals surface area (Å²) in [6.07, 6.45) is 0.0444. The number of anilines is 1. The van der Waals surface area contributed by atoms with Crippen molar-refractivity contribution in [3.63, 3.8) is 0 Å². The minimum atomic E-state index is -0.931. The molecule has 1 aromatic carbocycles. The molecule has 0 saturated heterocycles. The van der Waals surface area contributed by atoms with Crippen LogP contribution in [0.3, 0.4) is 0 Å². The number of rotatable bonds is 6. The van der Waals surface area contributed by atoms with E-state index in [0.717, 1.165) is 0 Å². The SMILES string of the molecule is COC(=O)c1cccc(NC(=O)CC(C)CC(=O)O)c1C. The standard InChI is InChI=1S/C15H19NO5/c1-9(8-14(18)19)7-13(17)16-12-6-4-5-11(10(12)2)15(20)21-3/h4-6,9H,7-8H2,1-3H3,(H,16,17)(H,18,19). The van der Waals surface area contributed by atoms with Gasteiger partial charge in [-0.15, -0.1) is 0 Å². The van der Waals surface area contributed by atoms with Crippen molar-refractivity contribution in [1.82, 2.24) is 0 Å². The minimum absolute atomic E-state index is 0.0609. The molecule has 2 N–H and O–H groups in total. The molecule has 0 aliphatic carbocycles. The zero-order chi connectivity index (χ0) is 16.0. The van der Waals surface area contributed by atoms with Crippen LogP contribution in [0, 0.1) is 12.8 Å². The topological polar surface area (TPSA) is 92.7 Å². The van der Waals surface area contributed by atoms with E-state index in [1.54, 1.807) is 32.0 Å². The normalized spacial score (nSPS) is 11.6. The Kier molecular flexibility index (Phi) is 5.90. The quantitative estimate of drug-likeness (QED) is 0.784. The molecule has 1 atom stereocenters. The second-order valence-electron chi connectivity index (χ2n) is 4.93. The molecule has 0 fully saturated rings. The van der Waals surface area contributed by atoms with Gasteiger partial charge in [0.05, 0.1) is 12.7 Å². The Morgan fingerprint density at radius 3 is 2.52 bits per heavy atom. The van der Waals surface area contributed by atoms with Crippen LogP contribution in [0.5, 0.6) is 0 Å². The molecule has 1 rings (SSSR count). The molecule has 6 heteroatoms. The van der Waals surface area contributed by atoms with Crippen molar-refractivity contribution in [1.29, 1.82) is 0 Å². The lowest BCUT2D eigenvalue weighted by Crippen LogP contribution is -2.18. The number of carbonyl (C=O) groups is 3. The maximum absolute atomic E-state index is 11.9. The largest absolute Gasteiger partial charge is 0.481 e. The molecular weight excluding hydrogens is 274 g/mol. The first kappa shape index (κ1) is 16.7. The summed E-state index contributed by atoms with van der Waals surface area (Å²) in [5.74, 6) is -1.94. The van der Waals surface area contributed by atoms with Crippen molar-refractivity contribution in [2.24, 2.45) is 5.92 Å². The second-order valence-corrected chi connectivity index (χ2v) is 4.93. The van der Waals surface area contributed by atoms with Crippen LogP contribution in [-0.2, 0) is 14.3 Å². The molecule has 1 amide bonds. The molecule has 0 saturated carbocycles. The number of hydrogen-bond donors (Lipinski definition) is 2. The highest BCUT2D eigenvalue weighted by molar-refractivity contribution is 5.96. The lowest BCUT2D eigenvalue weighted by Gasteiger charge is -2.13. The number of methoxy groups -OCH3 is 1. The third-order valence-corrected chi connectivity index (χ3v) is 3.07. The molecule has 114 valence electrons. The van der Waals surface area contributed by atoms with Gasteiger partial charge in [-0.25, -0.2) is 4.79 Å². The number of esters is 1. The van der Waals surface area contributed by atoms with Crippen LogP contribution < -0.4 is 5.32 Å². The van der Waals surface area contributed by atoms with Gasteiger partial charge in [0.1, 0.15) is 0 Å². The number of ether oxygens (including phenoxy) is 1. The Bertz CT molecular complexity index is 553. The number of carboxylic acids is 1. The molecule has 0 aromatic heterocycles. The predicted molar refractivity (Wildman–Crippen MR) is 77.2 cm³/mol. The van der Waals surface area contributed by atoms with Crippen molar-refractivity contribution in [3.05, 3.63) is 29.3 Å². The molecule has 0 aliphatic rings. The van der Waals surface area contributed by atoms with Gasteiger partial charge in [-0.05, 0) is 30.5 Å². The average molecular weight is 293 g/mol. The van der Waals surface area contributed by atoms with Crippen molar-refractivity contribution >= 4 is 23.5 Å². The molecule has 6 nitrogen and oxygen atoms in total. The fraction of sp³-hybridized carbons (Fsp3) is 0.400. The maximum Gasteiger partial charge on any atom is 0.338 e. The number of carboxylic acid groups (broad SMARTS) is 1. The van der Waals surface area contributed by atoms with Gasteiger partial charge in [0.25, 0.3) is 0 Å². The summed E-state index contributed by atoms with van der Waals surface area (Å²) in [7, 11) is 1.29. The summed E-state index contributed by atoms with van der Waals surface area (Å²) in [6.45, 7) is 3.41. The Balaban J connectivity index is 2.77. The van der Waals surface area contributed by atoms with E-state index in [4.69, 9.17) is 5.11 Å². The summed E-state index contributed by atoms with van der Waals surface area (Å²) in [5, 5.41) is 11.4. The van der Waals surface area contributed by atoms with Crippen molar-refractivity contribution in [2.75, 3.05) is 12.4 Å². The van der Waals surface area contributed by atoms with Crippen LogP contribution in [0.15, 0.2) is 18.2 Å². The smallest absolute Gasteiger partial charge is 0.338 e. The Morgan fingerprint density at radius 2 is 1.95 bits per heavy atom. The summed E-state index contributed by atoms with van der Waals surface area (Å²) in [6, 6.07) is 4.95. The molecular formula is C15H19NO5. The third kappa shape index (κ3) is 4.91. The molecule has 21 heavy (non-hydrogen) atoms. The molecule has 0 spiro atoms. The first-order chi connectivity index (χ1) is 9.85. The second kappa shape index (κ2) is 7.42. The van der Waals surface area contributed by atoms with Gasteiger partial charge in [-0.1, -0.05) is 13.0 Å². The van der Waals surface area contributed by atoms with Crippen molar-refractivity contribution in [2.45, 2.75) is 26.7 Å². The lowest BCUT2D eigenvalue weighted by atomic mass is 10.0. The highest BCUT2D eigenvalue weighted by Gasteiger charge is 2.16. The van der Waals surface area contributed by atoms with Gasteiger partial charge >= 0.3 is 11.9 Å². The van der Waals surface area contributed by atoms with Crippen LogP contribution in [0.2, 0.25) is 0 Å². The minimum Gasteiger partial charge on any atom is -0.481 e. The van der Waals surface area contributed by atoms with Gasteiger partial charge in [0.15, 0.2) is 0 Å². The van der Waals surface area contributed by atoms with Gasteiger partial charge in [0, 0.05) is 18.5 Å². The number of carbonyl (C=O) groups excluding carboxylic acids is 2. The fourth-order valence-corrected chi connectivity index (χ4v) is 1.99. The lowest BCUT2D eigenvalue weighted by molar-refractivity contribution is -0.138. The van der Waals surface area contributed by atoms with Crippen LogP contribution in [-0.4, -0.2) is 30.1 Å². The number of hydrogen-bond acceptors (Lipinski definition) is 4. The molecule has 0 radical (unpaired) electrons. The van der Waals surface area contributed by atoms with E-state index in [9.17, 15) is 14.4 Å². The van der Waals surface area contributed by atoms with Gasteiger partial charge < -0.3 is 15.2 Å². The van der Waals surface area contributed by atoms with Gasteiger partial charge in [-0.2, -0.15) is 0 Å². The first-order valence-electron chi connectivity index (χ1n) is 6.54. The summed E-state index contributed by atoms with van der Waals surface area (Å²) in [5.41, 5.74) is 1.52. The summed E-state index contributed by atoms with van der Waals surface area (Å²) >= 11 is 0. The summed E-state index contributed by atoms with van der Waals surface area (Å²) < 4.78 is 4.67. The number of amides is 1. The Morgan fingerprint density at radius 1 is 1.29 bits per heavy atom. The Labute approximate surface area is 123 Å². The first-order valence-corrected chi connectivity index (χ1v) is 6.54. The molecule has 0 bridgehead atoms. The highest BCUT2D eigenvalue weighted by Crippen LogP contribution is 2.20. The zero-order valence-corrected chi connectivity index (χ0v) is 12.3. The van der Waals surface area contributed by atoms with E-state index >= 15 is 0 Å². The predicted octanol–water partition coefficient (Wildman–Crippen LogP) is 2.22. The molecule has 0 aliphatic heterocycles. The van der Waals surface area contributed by atoms with Gasteiger partial charge in [-0.3, -0.25) is 9.59 Å². The van der Waals surface area contributed by atoms with E-state index in [0.29, 0.717) is 16.8 Å². The van der Waals surface area contributed by atoms with E-state index < -0.39 is 11.9 Å². The molecule has 0 heterocycles. The van der Waals surface area contributed by atoms with Crippen molar-refractivity contribution < 1.29 is 24.2 Å². The van der Waals surface area contributed by atoms with Crippen LogP contribution in [0.4, 0.5) is 5.69 Å². The maximum atomic E-state index is 11.9. The molecule has 1 aromatic rings. The molecule has 1 unspecified atom stereocenters. The van der Waals surface area contributed by atoms with E-state index in [2.05, 4.69) is 10.1 Å². The number of nitrogens with one attached hydrogen (secondary N) is 1. The van der Waals surface area contributed by atoms with E-state index in [1.807, 2.05) is 0 Å². The number of benzene rings is 1. The zero-order valence-electron chi connectivity index (χ0n) is 12.3. The monoisotopic (exact) mass is 293 g/mol. The van der Waals surface area contributed by atoms with Crippen molar-refractivity contribution in [3.8, 4) is 0 Å². The van der Waals surface area contributed by atoms with E-state index in [-0.39, 0.29) is 24.7 Å². The average Bonchev–Trinajstić information content (AvgIpc) is 2.39. The fourth-order valence-electron chi connectivity index (χ4n) is 1.99. The van der Waals surface area contributed by atoms with Crippen LogP contribution in [0.1, 0.15) is 35.7 Å². The van der Waals surface area contributed by atoms with Gasteiger partial charge in [0.2, 0.25) is 5.91 Å². The summed E-state index contributed by atoms with van der Waals surface area (Å²) in [4.78, 5) is 34.0. The Hall–Kier alpha value is -2.37.